The number of amides is 2. The molecule has 1 aromatic carbocycles. The van der Waals surface area contributed by atoms with Crippen LogP contribution in [0.5, 0.6) is 0 Å². The minimum Gasteiger partial charge on any atom is -0.444 e. The highest BCUT2D eigenvalue weighted by Crippen LogP contribution is 2.38. The third-order valence-corrected chi connectivity index (χ3v) is 4.16. The first kappa shape index (κ1) is 21.3. The van der Waals surface area contributed by atoms with Crippen LogP contribution in [0.4, 0.5) is 14.0 Å². The van der Waals surface area contributed by atoms with Crippen LogP contribution in [-0.2, 0) is 15.0 Å². The average molecular weight is 401 g/mol. The van der Waals surface area contributed by atoms with Gasteiger partial charge >= 0.3 is 12.2 Å². The molecule has 1 N–H and O–H groups in total. The molecule has 6 nitrogen and oxygen atoms in total. The summed E-state index contributed by atoms with van der Waals surface area (Å²) in [7, 11) is 0. The zero-order chi connectivity index (χ0) is 20.6. The van der Waals surface area contributed by atoms with E-state index < -0.39 is 34.7 Å². The molecule has 0 spiro atoms. The van der Waals surface area contributed by atoms with Gasteiger partial charge in [0.2, 0.25) is 0 Å². The zero-order valence-corrected chi connectivity index (χ0v) is 17.2. The molecule has 27 heavy (non-hydrogen) atoms. The molecular weight excluding hydrogens is 375 g/mol. The molecule has 2 rings (SSSR count). The van der Waals surface area contributed by atoms with E-state index in [1.54, 1.807) is 47.6 Å². The number of nitrogens with zero attached hydrogens (tertiary/aromatic N) is 1. The minimum absolute atomic E-state index is 0.0876. The molecule has 0 aromatic heterocycles. The first-order valence-electron chi connectivity index (χ1n) is 8.66. The quantitative estimate of drug-likeness (QED) is 0.796. The van der Waals surface area contributed by atoms with E-state index in [9.17, 15) is 14.0 Å². The number of hydrogen-bond donors (Lipinski definition) is 1. The summed E-state index contributed by atoms with van der Waals surface area (Å²) in [6.45, 7) is 10.7. The van der Waals surface area contributed by atoms with Crippen molar-refractivity contribution >= 4 is 23.8 Å². The van der Waals surface area contributed by atoms with Crippen LogP contribution in [0.25, 0.3) is 0 Å². The number of halogens is 2. The molecule has 1 fully saturated rings. The predicted molar refractivity (Wildman–Crippen MR) is 100 cm³/mol. The van der Waals surface area contributed by atoms with Gasteiger partial charge in [-0.05, 0) is 47.6 Å². The summed E-state index contributed by atoms with van der Waals surface area (Å²) in [5.74, 6) is -0.602. The van der Waals surface area contributed by atoms with Gasteiger partial charge in [-0.3, -0.25) is 0 Å². The van der Waals surface area contributed by atoms with Crippen molar-refractivity contribution in [2.75, 3.05) is 13.1 Å². The van der Waals surface area contributed by atoms with Gasteiger partial charge in [0.05, 0.1) is 18.1 Å². The Balaban J connectivity index is 2.26. The van der Waals surface area contributed by atoms with E-state index >= 15 is 0 Å². The SMILES string of the molecule is CC(C)(C)OC(=O)NC1(c2cccc(F)c2Cl)CN(C(=O)OC(C)(C)C)C1. The van der Waals surface area contributed by atoms with Crippen LogP contribution < -0.4 is 5.32 Å². The molecule has 0 unspecified atom stereocenters. The largest absolute Gasteiger partial charge is 0.444 e. The molecule has 1 heterocycles. The van der Waals surface area contributed by atoms with Crippen LogP contribution >= 0.6 is 11.6 Å². The Morgan fingerprint density at radius 1 is 1.11 bits per heavy atom. The predicted octanol–water partition coefficient (Wildman–Crippen LogP) is 4.45. The number of carbonyl (C=O) groups is 2. The lowest BCUT2D eigenvalue weighted by atomic mass is 9.82. The Kier molecular flexibility index (Phi) is 5.66. The van der Waals surface area contributed by atoms with E-state index in [1.165, 1.54) is 17.0 Å². The number of alkyl carbamates (subject to hydrolysis) is 1. The van der Waals surface area contributed by atoms with Gasteiger partial charge in [-0.1, -0.05) is 23.7 Å². The Bertz CT molecular complexity index is 734. The summed E-state index contributed by atoms with van der Waals surface area (Å²) < 4.78 is 24.6. The molecule has 1 aromatic rings. The summed E-state index contributed by atoms with van der Waals surface area (Å²) >= 11 is 6.14. The van der Waals surface area contributed by atoms with Crippen LogP contribution in [-0.4, -0.2) is 41.4 Å². The maximum absolute atomic E-state index is 14.0. The lowest BCUT2D eigenvalue weighted by Crippen LogP contribution is -2.69. The normalized spacial score (nSPS) is 16.4. The number of benzene rings is 1. The van der Waals surface area contributed by atoms with Gasteiger partial charge in [0.1, 0.15) is 22.6 Å². The van der Waals surface area contributed by atoms with E-state index in [0.717, 1.165) is 0 Å². The van der Waals surface area contributed by atoms with Crippen LogP contribution in [0, 0.1) is 5.82 Å². The fourth-order valence-electron chi connectivity index (χ4n) is 2.75. The van der Waals surface area contributed by atoms with Gasteiger partial charge in [-0.15, -0.1) is 0 Å². The Labute approximate surface area is 163 Å². The molecule has 1 aliphatic rings. The Morgan fingerprint density at radius 2 is 1.67 bits per heavy atom. The second kappa shape index (κ2) is 7.19. The number of nitrogens with one attached hydrogen (secondary N) is 1. The lowest BCUT2D eigenvalue weighted by Gasteiger charge is -2.50. The Morgan fingerprint density at radius 3 is 2.19 bits per heavy atom. The number of likely N-dealkylation sites (tertiary alicyclic amines) is 1. The molecular formula is C19H26ClFN2O4. The number of rotatable bonds is 2. The van der Waals surface area contributed by atoms with Crippen molar-refractivity contribution in [1.29, 1.82) is 0 Å². The van der Waals surface area contributed by atoms with Gasteiger partial charge in [0.15, 0.2) is 0 Å². The van der Waals surface area contributed by atoms with E-state index in [-0.39, 0.29) is 18.1 Å². The molecule has 2 amide bonds. The molecule has 1 aliphatic heterocycles. The highest BCUT2D eigenvalue weighted by atomic mass is 35.5. The fraction of sp³-hybridized carbons (Fsp3) is 0.579. The summed E-state index contributed by atoms with van der Waals surface area (Å²) in [6, 6.07) is 4.36. The first-order valence-corrected chi connectivity index (χ1v) is 9.04. The van der Waals surface area contributed by atoms with Gasteiger partial charge in [0, 0.05) is 5.56 Å². The smallest absolute Gasteiger partial charge is 0.410 e. The summed E-state index contributed by atoms with van der Waals surface area (Å²) in [6.07, 6.45) is -1.19. The van der Waals surface area contributed by atoms with Crippen molar-refractivity contribution < 1.29 is 23.5 Å². The minimum atomic E-state index is -1.06. The first-order chi connectivity index (χ1) is 12.2. The standard InChI is InChI=1S/C19H26ClFN2O4/c1-17(2,3)26-15(24)22-19(12-8-7-9-13(21)14(12)20)10-23(11-19)16(25)27-18(4,5)6/h7-9H,10-11H2,1-6H3,(H,22,24). The third kappa shape index (κ3) is 5.25. The Hall–Kier alpha value is -2.02. The van der Waals surface area contributed by atoms with E-state index in [1.807, 2.05) is 0 Å². The third-order valence-electron chi connectivity index (χ3n) is 3.78. The second-order valence-electron chi connectivity index (χ2n) is 8.65. The van der Waals surface area contributed by atoms with Crippen molar-refractivity contribution in [3.8, 4) is 0 Å². The van der Waals surface area contributed by atoms with Crippen LogP contribution in [0.3, 0.4) is 0 Å². The van der Waals surface area contributed by atoms with E-state index in [4.69, 9.17) is 21.1 Å². The molecule has 150 valence electrons. The summed E-state index contributed by atoms with van der Waals surface area (Å²) in [5.41, 5.74) is -2.02. The molecule has 0 radical (unpaired) electrons. The topological polar surface area (TPSA) is 67.9 Å². The lowest BCUT2D eigenvalue weighted by molar-refractivity contribution is -0.0230. The van der Waals surface area contributed by atoms with Crippen LogP contribution in [0.2, 0.25) is 5.02 Å². The highest BCUT2D eigenvalue weighted by molar-refractivity contribution is 6.31. The summed E-state index contributed by atoms with van der Waals surface area (Å²) in [5, 5.41) is 2.66. The van der Waals surface area contributed by atoms with E-state index in [0.29, 0.717) is 5.56 Å². The fourth-order valence-corrected chi connectivity index (χ4v) is 3.06. The van der Waals surface area contributed by atoms with E-state index in [2.05, 4.69) is 5.32 Å². The molecule has 0 bridgehead atoms. The van der Waals surface area contributed by atoms with Crippen molar-refractivity contribution in [1.82, 2.24) is 10.2 Å². The van der Waals surface area contributed by atoms with Crippen LogP contribution in [0.1, 0.15) is 47.1 Å². The maximum Gasteiger partial charge on any atom is 0.410 e. The zero-order valence-electron chi connectivity index (χ0n) is 16.5. The number of ether oxygens (including phenoxy) is 2. The highest BCUT2D eigenvalue weighted by Gasteiger charge is 2.50. The molecule has 8 heteroatoms. The average Bonchev–Trinajstić information content (AvgIpc) is 2.41. The summed E-state index contributed by atoms with van der Waals surface area (Å²) in [4.78, 5) is 26.0. The van der Waals surface area contributed by atoms with Crippen molar-refractivity contribution in [2.24, 2.45) is 0 Å². The number of carbonyl (C=O) groups excluding carboxylic acids is 2. The molecule has 0 aliphatic carbocycles. The second-order valence-corrected chi connectivity index (χ2v) is 9.02. The van der Waals surface area contributed by atoms with Crippen molar-refractivity contribution in [3.05, 3.63) is 34.6 Å². The molecule has 0 atom stereocenters. The van der Waals surface area contributed by atoms with Gasteiger partial charge in [-0.25, -0.2) is 14.0 Å². The van der Waals surface area contributed by atoms with Gasteiger partial charge in [-0.2, -0.15) is 0 Å². The maximum atomic E-state index is 14.0. The van der Waals surface area contributed by atoms with Gasteiger partial charge < -0.3 is 19.7 Å². The van der Waals surface area contributed by atoms with Crippen molar-refractivity contribution in [3.63, 3.8) is 0 Å². The van der Waals surface area contributed by atoms with Crippen LogP contribution in [0.15, 0.2) is 18.2 Å². The monoisotopic (exact) mass is 400 g/mol. The number of hydrogen-bond acceptors (Lipinski definition) is 4. The molecule has 1 saturated heterocycles. The van der Waals surface area contributed by atoms with Crippen molar-refractivity contribution in [2.45, 2.75) is 58.3 Å². The molecule has 0 saturated carbocycles. The van der Waals surface area contributed by atoms with Gasteiger partial charge in [0.25, 0.3) is 0 Å².